The summed E-state index contributed by atoms with van der Waals surface area (Å²) < 4.78 is 43.1. The summed E-state index contributed by atoms with van der Waals surface area (Å²) in [6.45, 7) is 3.44. The topological polar surface area (TPSA) is 139 Å². The van der Waals surface area contributed by atoms with Crippen LogP contribution in [0, 0.1) is 0 Å². The van der Waals surface area contributed by atoms with Crippen molar-refractivity contribution in [2.75, 3.05) is 0 Å². The molecule has 0 unspecified atom stereocenters. The summed E-state index contributed by atoms with van der Waals surface area (Å²) in [4.78, 5) is 26.5. The van der Waals surface area contributed by atoms with E-state index in [1.54, 1.807) is 74.5 Å². The second-order valence-electron chi connectivity index (χ2n) is 12.5. The molecule has 10 atom stereocenters. The molecular formula is C40H42O11. The van der Waals surface area contributed by atoms with E-state index in [4.69, 9.17) is 33.2 Å². The van der Waals surface area contributed by atoms with Crippen molar-refractivity contribution < 1.29 is 53.0 Å². The van der Waals surface area contributed by atoms with Gasteiger partial charge in [0.1, 0.15) is 24.4 Å². The molecule has 11 heteroatoms. The Morgan fingerprint density at radius 1 is 0.549 bits per heavy atom. The standard InChI is InChI=1S/C40H42O11/c1-25-32(49-37(42)29-19-11-5-12-20-29)31(41)34(45-23-27-15-7-3-8-16-27)40(48-25)51-35-33(50-38(43)30-21-13-6-14-22-30)26(2)47-39(44)36(35)46-24-28-17-9-4-10-18-28/h3-22,25-26,31-36,39-41,44H,23-24H2,1-2H3/t25-,26-,31+,32+,33+,34-,35+,36-,39+,40-/m0/s1. The third-order valence-corrected chi connectivity index (χ3v) is 8.87. The van der Waals surface area contributed by atoms with Gasteiger partial charge in [-0.3, -0.25) is 0 Å². The minimum Gasteiger partial charge on any atom is -0.453 e. The molecule has 2 heterocycles. The average Bonchev–Trinajstić information content (AvgIpc) is 3.15. The molecule has 0 amide bonds. The number of carbonyl (C=O) groups excluding carboxylic acids is 2. The van der Waals surface area contributed by atoms with Crippen molar-refractivity contribution in [1.82, 2.24) is 0 Å². The van der Waals surface area contributed by atoms with Gasteiger partial charge in [-0.2, -0.15) is 0 Å². The minimum absolute atomic E-state index is 0.0622. The summed E-state index contributed by atoms with van der Waals surface area (Å²) in [5, 5.41) is 23.0. The van der Waals surface area contributed by atoms with Gasteiger partial charge >= 0.3 is 11.9 Å². The summed E-state index contributed by atoms with van der Waals surface area (Å²) in [6.07, 6.45) is -11.7. The highest BCUT2D eigenvalue weighted by Gasteiger charge is 2.53. The van der Waals surface area contributed by atoms with Crippen LogP contribution in [-0.4, -0.2) is 83.6 Å². The molecule has 0 aliphatic carbocycles. The number of esters is 2. The molecular weight excluding hydrogens is 656 g/mol. The molecule has 4 aromatic carbocycles. The van der Waals surface area contributed by atoms with Crippen LogP contribution in [0.1, 0.15) is 45.7 Å². The molecule has 0 spiro atoms. The van der Waals surface area contributed by atoms with Crippen molar-refractivity contribution >= 4 is 11.9 Å². The van der Waals surface area contributed by atoms with Crippen LogP contribution in [0.3, 0.4) is 0 Å². The maximum absolute atomic E-state index is 13.4. The van der Waals surface area contributed by atoms with Crippen LogP contribution in [0.5, 0.6) is 0 Å². The second-order valence-corrected chi connectivity index (χ2v) is 12.5. The third-order valence-electron chi connectivity index (χ3n) is 8.87. The molecule has 2 aliphatic rings. The third kappa shape index (κ3) is 9.07. The van der Waals surface area contributed by atoms with Gasteiger partial charge in [0.15, 0.2) is 24.8 Å². The average molecular weight is 699 g/mol. The molecule has 4 aromatic rings. The lowest BCUT2D eigenvalue weighted by atomic mass is 9.96. The molecule has 2 aliphatic heterocycles. The van der Waals surface area contributed by atoms with Crippen molar-refractivity contribution in [3.8, 4) is 0 Å². The summed E-state index contributed by atoms with van der Waals surface area (Å²) in [5.41, 5.74) is 2.25. The Bertz CT molecular complexity index is 1670. The normalized spacial score (nSPS) is 29.2. The van der Waals surface area contributed by atoms with Gasteiger partial charge in [-0.15, -0.1) is 0 Å². The smallest absolute Gasteiger partial charge is 0.338 e. The maximum atomic E-state index is 13.4. The van der Waals surface area contributed by atoms with Gasteiger partial charge in [-0.1, -0.05) is 97.1 Å². The Kier molecular flexibility index (Phi) is 12.2. The number of hydrogen-bond acceptors (Lipinski definition) is 11. The first-order valence-electron chi connectivity index (χ1n) is 16.9. The summed E-state index contributed by atoms with van der Waals surface area (Å²) in [6, 6.07) is 35.6. The highest BCUT2D eigenvalue weighted by atomic mass is 16.7. The SMILES string of the molecule is C[C@@H]1O[C@@H](O[C@@H]2[C@H](OC(=O)c3ccccc3)[C@H](C)O[C@@H](O)[C@H]2OCc2ccccc2)[C@@H](OCc2ccccc2)[C@H](O)[C@@H]1OC(=O)c1ccccc1. The number of rotatable bonds is 12. The Balaban J connectivity index is 1.30. The second kappa shape index (κ2) is 17.2. The number of benzene rings is 4. The van der Waals surface area contributed by atoms with E-state index >= 15 is 0 Å². The number of aliphatic hydroxyl groups excluding tert-OH is 2. The highest BCUT2D eigenvalue weighted by Crippen LogP contribution is 2.34. The van der Waals surface area contributed by atoms with Crippen LogP contribution in [-0.2, 0) is 46.4 Å². The van der Waals surface area contributed by atoms with E-state index in [2.05, 4.69) is 0 Å². The van der Waals surface area contributed by atoms with Crippen LogP contribution in [0.2, 0.25) is 0 Å². The monoisotopic (exact) mass is 698 g/mol. The quantitative estimate of drug-likeness (QED) is 0.197. The molecule has 0 radical (unpaired) electrons. The van der Waals surface area contributed by atoms with Crippen molar-refractivity contribution in [1.29, 1.82) is 0 Å². The van der Waals surface area contributed by atoms with Crippen molar-refractivity contribution in [3.05, 3.63) is 144 Å². The summed E-state index contributed by atoms with van der Waals surface area (Å²) in [5.74, 6) is -1.27. The molecule has 268 valence electrons. The van der Waals surface area contributed by atoms with Crippen LogP contribution < -0.4 is 0 Å². The van der Waals surface area contributed by atoms with Crippen molar-refractivity contribution in [3.63, 3.8) is 0 Å². The predicted octanol–water partition coefficient (Wildman–Crippen LogP) is 4.84. The van der Waals surface area contributed by atoms with E-state index in [9.17, 15) is 19.8 Å². The lowest BCUT2D eigenvalue weighted by Gasteiger charge is -2.47. The molecule has 2 saturated heterocycles. The molecule has 2 fully saturated rings. The highest BCUT2D eigenvalue weighted by molar-refractivity contribution is 5.90. The van der Waals surface area contributed by atoms with E-state index in [0.717, 1.165) is 11.1 Å². The number of hydrogen-bond donors (Lipinski definition) is 2. The zero-order chi connectivity index (χ0) is 35.7. The lowest BCUT2D eigenvalue weighted by Crippen LogP contribution is -2.65. The van der Waals surface area contributed by atoms with Gasteiger partial charge in [0.05, 0.1) is 36.5 Å². The molecule has 0 aromatic heterocycles. The zero-order valence-corrected chi connectivity index (χ0v) is 28.3. The molecule has 2 N–H and O–H groups in total. The summed E-state index contributed by atoms with van der Waals surface area (Å²) >= 11 is 0. The fourth-order valence-electron chi connectivity index (χ4n) is 6.15. The van der Waals surface area contributed by atoms with E-state index in [-0.39, 0.29) is 13.2 Å². The fourth-order valence-corrected chi connectivity index (χ4v) is 6.15. The summed E-state index contributed by atoms with van der Waals surface area (Å²) in [7, 11) is 0. The van der Waals surface area contributed by atoms with Crippen LogP contribution in [0.25, 0.3) is 0 Å². The first-order chi connectivity index (χ1) is 24.8. The van der Waals surface area contributed by atoms with Gasteiger partial charge in [0.25, 0.3) is 0 Å². The Labute approximate surface area is 296 Å². The molecule has 0 bridgehead atoms. The largest absolute Gasteiger partial charge is 0.453 e. The number of aliphatic hydroxyl groups is 2. The minimum atomic E-state index is -1.48. The van der Waals surface area contributed by atoms with E-state index in [1.165, 1.54) is 0 Å². The van der Waals surface area contributed by atoms with Gasteiger partial charge in [0.2, 0.25) is 0 Å². The van der Waals surface area contributed by atoms with Crippen LogP contribution in [0.15, 0.2) is 121 Å². The number of carbonyl (C=O) groups is 2. The van der Waals surface area contributed by atoms with E-state index < -0.39 is 73.4 Å². The predicted molar refractivity (Wildman–Crippen MR) is 183 cm³/mol. The Hall–Kier alpha value is -4.46. The first kappa shape index (κ1) is 36.3. The van der Waals surface area contributed by atoms with Crippen LogP contribution >= 0.6 is 0 Å². The number of ether oxygens (including phenoxy) is 7. The fraction of sp³-hybridized carbons (Fsp3) is 0.350. The van der Waals surface area contributed by atoms with Gasteiger partial charge < -0.3 is 43.4 Å². The maximum Gasteiger partial charge on any atom is 0.338 e. The molecule has 51 heavy (non-hydrogen) atoms. The van der Waals surface area contributed by atoms with Gasteiger partial charge in [-0.05, 0) is 49.2 Å². The van der Waals surface area contributed by atoms with Gasteiger partial charge in [0, 0.05) is 0 Å². The zero-order valence-electron chi connectivity index (χ0n) is 28.3. The van der Waals surface area contributed by atoms with E-state index in [1.807, 2.05) is 60.7 Å². The first-order valence-corrected chi connectivity index (χ1v) is 16.9. The van der Waals surface area contributed by atoms with Crippen molar-refractivity contribution in [2.45, 2.75) is 88.5 Å². The lowest BCUT2D eigenvalue weighted by molar-refractivity contribution is -0.358. The molecule has 11 nitrogen and oxygen atoms in total. The molecule has 0 saturated carbocycles. The van der Waals surface area contributed by atoms with Gasteiger partial charge in [-0.25, -0.2) is 9.59 Å². The van der Waals surface area contributed by atoms with Crippen LogP contribution in [0.4, 0.5) is 0 Å². The van der Waals surface area contributed by atoms with E-state index in [0.29, 0.717) is 11.1 Å². The van der Waals surface area contributed by atoms with Crippen molar-refractivity contribution in [2.24, 2.45) is 0 Å². The Morgan fingerprint density at radius 2 is 0.980 bits per heavy atom. The Morgan fingerprint density at radius 3 is 1.49 bits per heavy atom. The molecule has 6 rings (SSSR count).